The van der Waals surface area contributed by atoms with Gasteiger partial charge in [0.25, 0.3) is 0 Å². The molecule has 2 aromatic carbocycles. The van der Waals surface area contributed by atoms with Crippen LogP contribution in [0.4, 0.5) is 17.1 Å². The molecule has 3 atom stereocenters. The van der Waals surface area contributed by atoms with Crippen molar-refractivity contribution in [1.82, 2.24) is 15.1 Å². The van der Waals surface area contributed by atoms with Crippen molar-refractivity contribution in [2.45, 2.75) is 37.3 Å². The molecule has 0 aliphatic carbocycles. The number of nitrogens with one attached hydrogen (secondary N) is 2. The van der Waals surface area contributed by atoms with Gasteiger partial charge < -0.3 is 30.1 Å². The van der Waals surface area contributed by atoms with Gasteiger partial charge in [0.2, 0.25) is 17.7 Å². The number of ether oxygens (including phenoxy) is 1. The molecule has 2 N–H and O–H groups in total. The summed E-state index contributed by atoms with van der Waals surface area (Å²) < 4.78 is 5.26. The predicted octanol–water partition coefficient (Wildman–Crippen LogP) is 3.24. The van der Waals surface area contributed by atoms with E-state index in [1.807, 2.05) is 50.2 Å². The third-order valence-corrected chi connectivity index (χ3v) is 9.87. The molecule has 0 spiro atoms. The van der Waals surface area contributed by atoms with E-state index in [9.17, 15) is 19.6 Å². The van der Waals surface area contributed by atoms with Gasteiger partial charge in [-0.25, -0.2) is 0 Å². The standard InChI is InChI=1S/C33H45N7O4S/c1-5-35-32(42)24(22-34)20-31-40(6-2)33(43)29(45-31)14-15-36-25-8-7-9-27(21-25)37(3)30(41)23-38-16-18-39(19-17-38)26-10-12-28(44-4)13-11-26/h7-13,21,24,29,31,36H,5-6,14-20,23H2,1-4H3,(H,35,42). The lowest BCUT2D eigenvalue weighted by molar-refractivity contribution is -0.131. The molecule has 3 unspecified atom stereocenters. The van der Waals surface area contributed by atoms with Crippen LogP contribution in [0.5, 0.6) is 5.75 Å². The first-order valence-corrected chi connectivity index (χ1v) is 16.6. The molecule has 2 aromatic rings. The van der Waals surface area contributed by atoms with Crippen molar-refractivity contribution in [3.63, 3.8) is 0 Å². The Hall–Kier alpha value is -3.95. The van der Waals surface area contributed by atoms with E-state index in [0.717, 1.165) is 49.0 Å². The highest BCUT2D eigenvalue weighted by Crippen LogP contribution is 2.37. The molecule has 2 aliphatic rings. The van der Waals surface area contributed by atoms with Crippen LogP contribution in [0, 0.1) is 17.2 Å². The molecule has 0 bridgehead atoms. The normalized spacial score (nSPS) is 19.1. The maximum Gasteiger partial charge on any atom is 0.240 e. The highest BCUT2D eigenvalue weighted by Gasteiger charge is 2.40. The van der Waals surface area contributed by atoms with Crippen molar-refractivity contribution in [2.75, 3.05) is 81.6 Å². The van der Waals surface area contributed by atoms with Crippen molar-refractivity contribution in [2.24, 2.45) is 5.92 Å². The molecule has 2 heterocycles. The van der Waals surface area contributed by atoms with Crippen LogP contribution in [0.25, 0.3) is 0 Å². The first-order valence-electron chi connectivity index (χ1n) is 15.6. The van der Waals surface area contributed by atoms with E-state index >= 15 is 0 Å². The summed E-state index contributed by atoms with van der Waals surface area (Å²) in [6.07, 6.45) is 0.924. The monoisotopic (exact) mass is 635 g/mol. The molecular weight excluding hydrogens is 590 g/mol. The zero-order chi connectivity index (χ0) is 32.3. The maximum atomic E-state index is 13.2. The van der Waals surface area contributed by atoms with Gasteiger partial charge in [-0.1, -0.05) is 6.07 Å². The smallest absolute Gasteiger partial charge is 0.240 e. The zero-order valence-corrected chi connectivity index (χ0v) is 27.5. The lowest BCUT2D eigenvalue weighted by atomic mass is 10.1. The summed E-state index contributed by atoms with van der Waals surface area (Å²) in [4.78, 5) is 46.5. The van der Waals surface area contributed by atoms with Crippen LogP contribution in [0.3, 0.4) is 0 Å². The first kappa shape index (κ1) is 33.9. The van der Waals surface area contributed by atoms with E-state index in [-0.39, 0.29) is 28.3 Å². The summed E-state index contributed by atoms with van der Waals surface area (Å²) in [5.74, 6) is -0.151. The Kier molecular flexibility index (Phi) is 12.4. The average Bonchev–Trinajstić information content (AvgIpc) is 3.36. The minimum atomic E-state index is -0.785. The summed E-state index contributed by atoms with van der Waals surface area (Å²) in [5, 5.41) is 15.2. The number of amides is 3. The number of methoxy groups -OCH3 is 1. The van der Waals surface area contributed by atoms with Crippen molar-refractivity contribution < 1.29 is 19.1 Å². The molecule has 11 nitrogen and oxygen atoms in total. The lowest BCUT2D eigenvalue weighted by Crippen LogP contribution is -2.49. The van der Waals surface area contributed by atoms with E-state index in [1.54, 1.807) is 24.0 Å². The fourth-order valence-corrected chi connectivity index (χ4v) is 7.26. The molecule has 45 heavy (non-hydrogen) atoms. The molecule has 0 aromatic heterocycles. The highest BCUT2D eigenvalue weighted by molar-refractivity contribution is 8.01. The van der Waals surface area contributed by atoms with Gasteiger partial charge >= 0.3 is 0 Å². The number of carbonyl (C=O) groups excluding carboxylic acids is 3. The Bertz CT molecular complexity index is 1340. The second kappa shape index (κ2) is 16.4. The van der Waals surface area contributed by atoms with Crippen LogP contribution in [-0.2, 0) is 14.4 Å². The number of benzene rings is 2. The van der Waals surface area contributed by atoms with E-state index < -0.39 is 5.92 Å². The molecule has 12 heteroatoms. The second-order valence-electron chi connectivity index (χ2n) is 11.2. The van der Waals surface area contributed by atoms with Gasteiger partial charge in [0.05, 0.1) is 30.3 Å². The Morgan fingerprint density at radius 1 is 1.13 bits per heavy atom. The highest BCUT2D eigenvalue weighted by atomic mass is 32.2. The Balaban J connectivity index is 1.24. The number of nitriles is 1. The van der Waals surface area contributed by atoms with Crippen LogP contribution >= 0.6 is 11.8 Å². The Labute approximate surface area is 270 Å². The quantitative estimate of drug-likeness (QED) is 0.322. The molecule has 3 amide bonds. The van der Waals surface area contributed by atoms with Crippen molar-refractivity contribution >= 4 is 46.5 Å². The summed E-state index contributed by atoms with van der Waals surface area (Å²) in [7, 11) is 3.47. The van der Waals surface area contributed by atoms with Crippen LogP contribution in [0.1, 0.15) is 26.7 Å². The number of thioether (sulfide) groups is 1. The number of hydrogen-bond acceptors (Lipinski definition) is 9. The molecule has 0 saturated carbocycles. The second-order valence-corrected chi connectivity index (χ2v) is 12.6. The lowest BCUT2D eigenvalue weighted by Gasteiger charge is -2.36. The van der Waals surface area contributed by atoms with Gasteiger partial charge in [0, 0.05) is 76.3 Å². The van der Waals surface area contributed by atoms with Crippen LogP contribution in [0.15, 0.2) is 48.5 Å². The third kappa shape index (κ3) is 8.83. The average molecular weight is 636 g/mol. The zero-order valence-electron chi connectivity index (χ0n) is 26.7. The van der Waals surface area contributed by atoms with Crippen LogP contribution in [0.2, 0.25) is 0 Å². The summed E-state index contributed by atoms with van der Waals surface area (Å²) >= 11 is 1.53. The van der Waals surface area contributed by atoms with Crippen LogP contribution in [-0.4, -0.2) is 105 Å². The number of hydrogen-bond donors (Lipinski definition) is 2. The molecular formula is C33H45N7O4S. The van der Waals surface area contributed by atoms with E-state index in [2.05, 4.69) is 38.6 Å². The van der Waals surface area contributed by atoms with Gasteiger partial charge in [-0.05, 0) is 62.7 Å². The molecule has 2 saturated heterocycles. The maximum absolute atomic E-state index is 13.2. The van der Waals surface area contributed by atoms with Gasteiger partial charge in [0.15, 0.2) is 0 Å². The molecule has 0 radical (unpaired) electrons. The summed E-state index contributed by atoms with van der Waals surface area (Å²) in [5.41, 5.74) is 2.84. The molecule has 2 fully saturated rings. The Morgan fingerprint density at radius 3 is 2.51 bits per heavy atom. The molecule has 4 rings (SSSR count). The summed E-state index contributed by atoms with van der Waals surface area (Å²) in [6, 6.07) is 17.9. The minimum absolute atomic E-state index is 0.0343. The minimum Gasteiger partial charge on any atom is -0.497 e. The predicted molar refractivity (Wildman–Crippen MR) is 180 cm³/mol. The van der Waals surface area contributed by atoms with Gasteiger partial charge in [-0.3, -0.25) is 19.3 Å². The van der Waals surface area contributed by atoms with Gasteiger partial charge in [-0.15, -0.1) is 11.8 Å². The van der Waals surface area contributed by atoms with E-state index in [0.29, 0.717) is 39.0 Å². The number of nitrogens with zero attached hydrogens (tertiary/aromatic N) is 5. The van der Waals surface area contributed by atoms with E-state index in [1.165, 1.54) is 11.8 Å². The van der Waals surface area contributed by atoms with E-state index in [4.69, 9.17) is 4.74 Å². The SMILES string of the molecule is CCNC(=O)C(C#N)CC1SC(CCNc2cccc(N(C)C(=O)CN3CCN(c4ccc(OC)cc4)CC3)c2)C(=O)N1CC. The Morgan fingerprint density at radius 2 is 1.87 bits per heavy atom. The van der Waals surface area contributed by atoms with Crippen LogP contribution < -0.4 is 25.2 Å². The summed E-state index contributed by atoms with van der Waals surface area (Å²) in [6.45, 7) is 9.01. The van der Waals surface area contributed by atoms with Crippen molar-refractivity contribution in [3.05, 3.63) is 48.5 Å². The molecule has 2 aliphatic heterocycles. The number of piperazine rings is 1. The number of anilines is 3. The van der Waals surface area contributed by atoms with Crippen molar-refractivity contribution in [3.8, 4) is 11.8 Å². The van der Waals surface area contributed by atoms with Gasteiger partial charge in [0.1, 0.15) is 11.7 Å². The third-order valence-electron chi connectivity index (χ3n) is 8.34. The largest absolute Gasteiger partial charge is 0.497 e. The number of carbonyl (C=O) groups is 3. The van der Waals surface area contributed by atoms with Crippen molar-refractivity contribution in [1.29, 1.82) is 5.26 Å². The number of rotatable bonds is 14. The topological polar surface area (TPSA) is 121 Å². The number of likely N-dealkylation sites (N-methyl/N-ethyl adjacent to an activating group) is 1. The van der Waals surface area contributed by atoms with Gasteiger partial charge in [-0.2, -0.15) is 5.26 Å². The fourth-order valence-electron chi connectivity index (χ4n) is 5.67. The first-order chi connectivity index (χ1) is 21.8. The fraction of sp³-hybridized carbons (Fsp3) is 0.515. The molecule has 242 valence electrons.